The molecule has 2 aromatic heterocycles. The summed E-state index contributed by atoms with van der Waals surface area (Å²) < 4.78 is 14.3. The number of rotatable bonds is 6. The first-order valence-corrected chi connectivity index (χ1v) is 13.1. The third-order valence-electron chi connectivity index (χ3n) is 6.73. The van der Waals surface area contributed by atoms with E-state index < -0.39 is 0 Å². The molecule has 0 amide bonds. The highest BCUT2D eigenvalue weighted by Crippen LogP contribution is 2.44. The van der Waals surface area contributed by atoms with Gasteiger partial charge >= 0.3 is 0 Å². The fourth-order valence-corrected chi connectivity index (χ4v) is 6.53. The van der Waals surface area contributed by atoms with Gasteiger partial charge in [0.15, 0.2) is 33.6 Å². The van der Waals surface area contributed by atoms with Gasteiger partial charge in [-0.1, -0.05) is 54.9 Å². The fourth-order valence-electron chi connectivity index (χ4n) is 5.03. The second kappa shape index (κ2) is 9.11. The molecule has 1 unspecified atom stereocenters. The largest absolute Gasteiger partial charge is 0.454 e. The van der Waals surface area contributed by atoms with Crippen LogP contribution in [0.2, 0.25) is 0 Å². The molecule has 0 saturated heterocycles. The second-order valence-electron chi connectivity index (χ2n) is 8.74. The molecular weight excluding hydrogens is 514 g/mol. The summed E-state index contributed by atoms with van der Waals surface area (Å²) in [5.74, 6) is 2.88. The predicted molar refractivity (Wildman–Crippen MR) is 135 cm³/mol. The lowest BCUT2D eigenvalue weighted by Gasteiger charge is -2.25. The van der Waals surface area contributed by atoms with Crippen LogP contribution >= 0.6 is 27.7 Å². The highest BCUT2D eigenvalue weighted by molar-refractivity contribution is 9.10. The Morgan fingerprint density at radius 1 is 1.09 bits per heavy atom. The van der Waals surface area contributed by atoms with Crippen LogP contribution in [-0.4, -0.2) is 26.3 Å². The average molecular weight is 538 g/mol. The van der Waals surface area contributed by atoms with Crippen LogP contribution < -0.4 is 15.2 Å². The molecule has 6 rings (SSSR count). The number of ether oxygens (including phenoxy) is 2. The van der Waals surface area contributed by atoms with E-state index >= 15 is 0 Å². The molecule has 4 aromatic rings. The Balaban J connectivity index is 1.43. The predicted octanol–water partition coefficient (Wildman–Crippen LogP) is 6.02. The summed E-state index contributed by atoms with van der Waals surface area (Å²) in [6.07, 6.45) is 6.60. The first-order chi connectivity index (χ1) is 16.7. The number of hydrogen-bond acceptors (Lipinski definition) is 7. The molecule has 1 aliphatic carbocycles. The lowest BCUT2D eigenvalue weighted by atomic mass is 9.84. The molecule has 1 fully saturated rings. The highest BCUT2D eigenvalue weighted by atomic mass is 79.9. The van der Waals surface area contributed by atoms with Gasteiger partial charge in [-0.3, -0.25) is 0 Å². The van der Waals surface area contributed by atoms with Crippen LogP contribution in [0.25, 0.3) is 11.2 Å². The summed E-state index contributed by atoms with van der Waals surface area (Å²) in [5, 5.41) is 0.834. The number of imidazole rings is 1. The zero-order valence-corrected chi connectivity index (χ0v) is 20.9. The smallest absolute Gasteiger partial charge is 0.231 e. The van der Waals surface area contributed by atoms with E-state index in [0.29, 0.717) is 23.2 Å². The quantitative estimate of drug-likeness (QED) is 0.321. The standard InChI is InChI=1S/C25H24BrN5O2S/c26-18-10-19-20(33-14-32-19)11-21(18)34-25-30-22-23(27)28-13-29-24(22)31(25)12-17(16-8-4-5-9-16)15-6-2-1-3-7-15/h1-3,6-7,10-11,13,16-17H,4-5,8-9,12,14H2,(H2,27,28,29). The number of nitrogen functional groups attached to an aromatic ring is 1. The normalized spacial score (nSPS) is 16.4. The summed E-state index contributed by atoms with van der Waals surface area (Å²) in [4.78, 5) is 14.7. The minimum absolute atomic E-state index is 0.237. The topological polar surface area (TPSA) is 88.1 Å². The van der Waals surface area contributed by atoms with Crippen molar-refractivity contribution in [1.82, 2.24) is 19.5 Å². The number of nitrogens with two attached hydrogens (primary N) is 1. The number of hydrogen-bond donors (Lipinski definition) is 1. The van der Waals surface area contributed by atoms with Crippen molar-refractivity contribution < 1.29 is 9.47 Å². The molecule has 0 spiro atoms. The van der Waals surface area contributed by atoms with E-state index in [1.165, 1.54) is 37.6 Å². The van der Waals surface area contributed by atoms with Crippen molar-refractivity contribution in [3.63, 3.8) is 0 Å². The fraction of sp³-hybridized carbons (Fsp3) is 0.320. The number of fused-ring (bicyclic) bond motifs is 2. The van der Waals surface area contributed by atoms with Gasteiger partial charge in [0.2, 0.25) is 6.79 Å². The molecule has 1 saturated carbocycles. The number of anilines is 1. The lowest BCUT2D eigenvalue weighted by molar-refractivity contribution is 0.174. The molecule has 0 radical (unpaired) electrons. The first-order valence-electron chi connectivity index (χ1n) is 11.5. The van der Waals surface area contributed by atoms with E-state index in [1.807, 2.05) is 12.1 Å². The Hall–Kier alpha value is -2.78. The van der Waals surface area contributed by atoms with Crippen molar-refractivity contribution in [2.24, 2.45) is 5.92 Å². The van der Waals surface area contributed by atoms with Gasteiger partial charge in [0.1, 0.15) is 6.33 Å². The molecule has 0 bridgehead atoms. The number of benzene rings is 2. The van der Waals surface area contributed by atoms with Crippen LogP contribution in [0.15, 0.2) is 63.3 Å². The SMILES string of the molecule is Nc1ncnc2c1nc(Sc1cc3c(cc1Br)OCO3)n2CC(c1ccccc1)C1CCCC1. The van der Waals surface area contributed by atoms with Crippen molar-refractivity contribution in [1.29, 1.82) is 0 Å². The molecule has 34 heavy (non-hydrogen) atoms. The van der Waals surface area contributed by atoms with Gasteiger partial charge in [-0.15, -0.1) is 0 Å². The highest BCUT2D eigenvalue weighted by Gasteiger charge is 2.29. The number of aromatic nitrogens is 4. The average Bonchev–Trinajstić information content (AvgIpc) is 3.60. The molecule has 1 atom stereocenters. The van der Waals surface area contributed by atoms with Crippen LogP contribution in [0.5, 0.6) is 11.5 Å². The third-order valence-corrected chi connectivity index (χ3v) is 8.70. The van der Waals surface area contributed by atoms with E-state index in [4.69, 9.17) is 20.2 Å². The Kier molecular flexibility index (Phi) is 5.82. The van der Waals surface area contributed by atoms with Crippen LogP contribution in [0.4, 0.5) is 5.82 Å². The third kappa shape index (κ3) is 4.01. The van der Waals surface area contributed by atoms with E-state index in [-0.39, 0.29) is 6.79 Å². The van der Waals surface area contributed by atoms with Crippen LogP contribution in [-0.2, 0) is 6.54 Å². The van der Waals surface area contributed by atoms with Crippen molar-refractivity contribution in [3.8, 4) is 11.5 Å². The zero-order valence-electron chi connectivity index (χ0n) is 18.5. The Labute approximate surface area is 210 Å². The van der Waals surface area contributed by atoms with Gasteiger partial charge in [0.25, 0.3) is 0 Å². The van der Waals surface area contributed by atoms with Crippen LogP contribution in [0.3, 0.4) is 0 Å². The van der Waals surface area contributed by atoms with E-state index in [0.717, 1.165) is 38.2 Å². The minimum Gasteiger partial charge on any atom is -0.454 e. The maximum atomic E-state index is 6.22. The van der Waals surface area contributed by atoms with Crippen LogP contribution in [0, 0.1) is 5.92 Å². The Morgan fingerprint density at radius 3 is 2.65 bits per heavy atom. The summed E-state index contributed by atoms with van der Waals surface area (Å²) in [6.45, 7) is 1.02. The molecule has 2 aromatic carbocycles. The summed E-state index contributed by atoms with van der Waals surface area (Å²) in [6, 6.07) is 14.7. The molecule has 3 heterocycles. The summed E-state index contributed by atoms with van der Waals surface area (Å²) in [5.41, 5.74) is 8.99. The van der Waals surface area contributed by atoms with Gasteiger partial charge in [-0.2, -0.15) is 0 Å². The van der Waals surface area contributed by atoms with Gasteiger partial charge in [0, 0.05) is 21.8 Å². The number of nitrogens with zero attached hydrogens (tertiary/aromatic N) is 4. The minimum atomic E-state index is 0.237. The lowest BCUT2D eigenvalue weighted by Crippen LogP contribution is -2.17. The van der Waals surface area contributed by atoms with Gasteiger partial charge in [-0.05, 0) is 52.4 Å². The van der Waals surface area contributed by atoms with E-state index in [1.54, 1.807) is 11.8 Å². The van der Waals surface area contributed by atoms with E-state index in [2.05, 4.69) is 60.8 Å². The van der Waals surface area contributed by atoms with Gasteiger partial charge in [-0.25, -0.2) is 15.0 Å². The maximum Gasteiger partial charge on any atom is 0.231 e. The molecule has 9 heteroatoms. The number of halogens is 1. The Morgan fingerprint density at radius 2 is 1.85 bits per heavy atom. The summed E-state index contributed by atoms with van der Waals surface area (Å²) in [7, 11) is 0. The molecule has 2 N–H and O–H groups in total. The summed E-state index contributed by atoms with van der Waals surface area (Å²) >= 11 is 5.25. The van der Waals surface area contributed by atoms with Crippen LogP contribution in [0.1, 0.15) is 37.2 Å². The maximum absolute atomic E-state index is 6.22. The monoisotopic (exact) mass is 537 g/mol. The Bertz CT molecular complexity index is 1340. The van der Waals surface area contributed by atoms with Crippen molar-refractivity contribution >= 4 is 44.7 Å². The molecular formula is C25H24BrN5O2S. The molecule has 1 aliphatic heterocycles. The first kappa shape index (κ1) is 21.7. The molecule has 7 nitrogen and oxygen atoms in total. The van der Waals surface area contributed by atoms with Gasteiger partial charge < -0.3 is 19.8 Å². The van der Waals surface area contributed by atoms with Crippen molar-refractivity contribution in [2.75, 3.05) is 12.5 Å². The second-order valence-corrected chi connectivity index (χ2v) is 10.6. The molecule has 2 aliphatic rings. The molecule has 174 valence electrons. The zero-order chi connectivity index (χ0) is 23.1. The van der Waals surface area contributed by atoms with E-state index in [9.17, 15) is 0 Å². The van der Waals surface area contributed by atoms with Crippen molar-refractivity contribution in [2.45, 2.75) is 48.2 Å². The van der Waals surface area contributed by atoms with Gasteiger partial charge in [0.05, 0.1) is 0 Å². The van der Waals surface area contributed by atoms with Crippen molar-refractivity contribution in [3.05, 3.63) is 58.8 Å².